The molecule has 0 heterocycles. The first-order valence-corrected chi connectivity index (χ1v) is 6.50. The summed E-state index contributed by atoms with van der Waals surface area (Å²) < 4.78 is 0. The zero-order valence-corrected chi connectivity index (χ0v) is 11.9. The molecule has 0 rings (SSSR count). The van der Waals surface area contributed by atoms with Crippen molar-refractivity contribution in [1.82, 2.24) is 5.32 Å². The number of hydrogen-bond donors (Lipinski definition) is 1. The molecule has 1 N–H and O–H groups in total. The molecule has 0 amide bonds. The van der Waals surface area contributed by atoms with Gasteiger partial charge >= 0.3 is 0 Å². The van der Waals surface area contributed by atoms with E-state index in [1.54, 1.807) is 0 Å². The molecule has 0 aromatic carbocycles. The molecule has 0 fully saturated rings. The van der Waals surface area contributed by atoms with Crippen LogP contribution in [0.25, 0.3) is 0 Å². The lowest BCUT2D eigenvalue weighted by molar-refractivity contribution is 0.159. The molecule has 0 radical (unpaired) electrons. The summed E-state index contributed by atoms with van der Waals surface area (Å²) in [5, 5.41) is 3.65. The molecule has 0 aliphatic rings. The first-order chi connectivity index (χ1) is 6.75. The van der Waals surface area contributed by atoms with Gasteiger partial charge in [0, 0.05) is 12.1 Å². The Morgan fingerprint density at radius 3 is 1.93 bits per heavy atom. The normalized spacial score (nSPS) is 18.6. The van der Waals surface area contributed by atoms with Crippen molar-refractivity contribution in [3.8, 4) is 0 Å². The third-order valence-corrected chi connectivity index (χ3v) is 3.74. The third-order valence-electron chi connectivity index (χ3n) is 3.74. The van der Waals surface area contributed by atoms with Gasteiger partial charge in [-0.2, -0.15) is 0 Å². The third kappa shape index (κ3) is 5.55. The fraction of sp³-hybridized carbons (Fsp3) is 1.00. The van der Waals surface area contributed by atoms with Gasteiger partial charge in [0.15, 0.2) is 0 Å². The number of hydrogen-bond acceptors (Lipinski definition) is 1. The summed E-state index contributed by atoms with van der Waals surface area (Å²) in [4.78, 5) is 0. The van der Waals surface area contributed by atoms with Crippen molar-refractivity contribution < 1.29 is 0 Å². The highest BCUT2D eigenvalue weighted by Gasteiger charge is 2.29. The summed E-state index contributed by atoms with van der Waals surface area (Å²) >= 11 is 0. The SMILES string of the molecule is CCCC(C)C(C)(CC)CNC(C)(C)C. The maximum Gasteiger partial charge on any atom is 0.00967 e. The van der Waals surface area contributed by atoms with Crippen molar-refractivity contribution in [2.24, 2.45) is 11.3 Å². The van der Waals surface area contributed by atoms with Crippen LogP contribution in [0.3, 0.4) is 0 Å². The van der Waals surface area contributed by atoms with Crippen LogP contribution in [0.15, 0.2) is 0 Å². The van der Waals surface area contributed by atoms with Gasteiger partial charge in [-0.1, -0.05) is 40.5 Å². The topological polar surface area (TPSA) is 12.0 Å². The van der Waals surface area contributed by atoms with E-state index in [9.17, 15) is 0 Å². The minimum atomic E-state index is 0.238. The lowest BCUT2D eigenvalue weighted by atomic mass is 9.73. The molecular formula is C14H31N. The van der Waals surface area contributed by atoms with Gasteiger partial charge in [0.25, 0.3) is 0 Å². The van der Waals surface area contributed by atoms with Crippen LogP contribution in [0.5, 0.6) is 0 Å². The molecule has 1 heteroatoms. The Balaban J connectivity index is 4.30. The Bertz CT molecular complexity index is 169. The van der Waals surface area contributed by atoms with Gasteiger partial charge in [-0.3, -0.25) is 0 Å². The largest absolute Gasteiger partial charge is 0.312 e. The van der Waals surface area contributed by atoms with Crippen molar-refractivity contribution in [1.29, 1.82) is 0 Å². The van der Waals surface area contributed by atoms with Crippen LogP contribution in [-0.2, 0) is 0 Å². The predicted octanol–water partition coefficient (Wildman–Crippen LogP) is 4.23. The maximum absolute atomic E-state index is 3.65. The summed E-state index contributed by atoms with van der Waals surface area (Å²) in [7, 11) is 0. The highest BCUT2D eigenvalue weighted by Crippen LogP contribution is 2.33. The standard InChI is InChI=1S/C14H31N/c1-8-10-12(3)14(7,9-2)11-15-13(4,5)6/h12,15H,8-11H2,1-7H3. The first kappa shape index (κ1) is 15.0. The Labute approximate surface area is 97.0 Å². The van der Waals surface area contributed by atoms with E-state index in [4.69, 9.17) is 0 Å². The van der Waals surface area contributed by atoms with E-state index in [-0.39, 0.29) is 5.54 Å². The van der Waals surface area contributed by atoms with E-state index in [1.807, 2.05) is 0 Å². The Hall–Kier alpha value is -0.0400. The van der Waals surface area contributed by atoms with Crippen LogP contribution in [0.4, 0.5) is 0 Å². The Morgan fingerprint density at radius 2 is 1.60 bits per heavy atom. The molecule has 0 saturated heterocycles. The lowest BCUT2D eigenvalue weighted by Gasteiger charge is -2.38. The van der Waals surface area contributed by atoms with Crippen molar-refractivity contribution in [3.63, 3.8) is 0 Å². The van der Waals surface area contributed by atoms with Gasteiger partial charge in [0.05, 0.1) is 0 Å². The monoisotopic (exact) mass is 213 g/mol. The molecule has 0 saturated carbocycles. The maximum atomic E-state index is 3.65. The smallest absolute Gasteiger partial charge is 0.00967 e. The average Bonchev–Trinajstić information content (AvgIpc) is 2.13. The van der Waals surface area contributed by atoms with Gasteiger partial charge < -0.3 is 5.32 Å². The predicted molar refractivity (Wildman–Crippen MR) is 70.2 cm³/mol. The number of rotatable bonds is 6. The van der Waals surface area contributed by atoms with E-state index in [1.165, 1.54) is 19.3 Å². The van der Waals surface area contributed by atoms with Crippen LogP contribution < -0.4 is 5.32 Å². The van der Waals surface area contributed by atoms with Crippen LogP contribution >= 0.6 is 0 Å². The van der Waals surface area contributed by atoms with Crippen molar-refractivity contribution in [3.05, 3.63) is 0 Å². The van der Waals surface area contributed by atoms with Gasteiger partial charge in [0.2, 0.25) is 0 Å². The molecule has 15 heavy (non-hydrogen) atoms. The van der Waals surface area contributed by atoms with E-state index in [0.29, 0.717) is 5.41 Å². The highest BCUT2D eigenvalue weighted by molar-refractivity contribution is 4.84. The van der Waals surface area contributed by atoms with Crippen molar-refractivity contribution in [2.75, 3.05) is 6.54 Å². The van der Waals surface area contributed by atoms with Gasteiger partial charge in [-0.05, 0) is 38.5 Å². The summed E-state index contributed by atoms with van der Waals surface area (Å²) in [6.45, 7) is 17.3. The number of nitrogens with one attached hydrogen (secondary N) is 1. The molecule has 0 aliphatic heterocycles. The van der Waals surface area contributed by atoms with Gasteiger partial charge in [0.1, 0.15) is 0 Å². The second-order valence-electron chi connectivity index (χ2n) is 6.30. The molecule has 1 nitrogen and oxygen atoms in total. The van der Waals surface area contributed by atoms with Crippen LogP contribution in [0.2, 0.25) is 0 Å². The minimum Gasteiger partial charge on any atom is -0.312 e. The van der Waals surface area contributed by atoms with Crippen LogP contribution in [0, 0.1) is 11.3 Å². The molecular weight excluding hydrogens is 182 g/mol. The summed E-state index contributed by atoms with van der Waals surface area (Å²) in [5.41, 5.74) is 0.686. The quantitative estimate of drug-likeness (QED) is 0.696. The molecule has 2 unspecified atom stereocenters. The van der Waals surface area contributed by atoms with Crippen LogP contribution in [-0.4, -0.2) is 12.1 Å². The van der Waals surface area contributed by atoms with Gasteiger partial charge in [-0.25, -0.2) is 0 Å². The fourth-order valence-corrected chi connectivity index (χ4v) is 1.90. The zero-order chi connectivity index (χ0) is 12.1. The minimum absolute atomic E-state index is 0.238. The zero-order valence-electron chi connectivity index (χ0n) is 11.9. The molecule has 0 spiro atoms. The van der Waals surface area contributed by atoms with E-state index in [0.717, 1.165) is 12.5 Å². The summed E-state index contributed by atoms with van der Waals surface area (Å²) in [6, 6.07) is 0. The molecule has 0 aliphatic carbocycles. The van der Waals surface area contributed by atoms with E-state index < -0.39 is 0 Å². The fourth-order valence-electron chi connectivity index (χ4n) is 1.90. The molecule has 92 valence electrons. The molecule has 0 aromatic heterocycles. The molecule has 0 aromatic rings. The average molecular weight is 213 g/mol. The highest BCUT2D eigenvalue weighted by atomic mass is 15.0. The summed E-state index contributed by atoms with van der Waals surface area (Å²) in [5.74, 6) is 0.808. The van der Waals surface area contributed by atoms with Crippen molar-refractivity contribution >= 4 is 0 Å². The van der Waals surface area contributed by atoms with E-state index in [2.05, 4.69) is 53.8 Å². The van der Waals surface area contributed by atoms with Crippen molar-refractivity contribution in [2.45, 2.75) is 73.3 Å². The Kier molecular flexibility index (Phi) is 5.87. The Morgan fingerprint density at radius 1 is 1.07 bits per heavy atom. The van der Waals surface area contributed by atoms with Gasteiger partial charge in [-0.15, -0.1) is 0 Å². The molecule has 2 atom stereocenters. The first-order valence-electron chi connectivity index (χ1n) is 6.50. The lowest BCUT2D eigenvalue weighted by Crippen LogP contribution is -2.45. The van der Waals surface area contributed by atoms with Crippen LogP contribution in [0.1, 0.15) is 67.7 Å². The second-order valence-corrected chi connectivity index (χ2v) is 6.30. The summed E-state index contributed by atoms with van der Waals surface area (Å²) in [6.07, 6.45) is 3.90. The van der Waals surface area contributed by atoms with E-state index >= 15 is 0 Å². The molecule has 0 bridgehead atoms. The second kappa shape index (κ2) is 5.89.